The first-order valence-electron chi connectivity index (χ1n) is 6.80. The molecule has 0 spiro atoms. The highest BCUT2D eigenvalue weighted by molar-refractivity contribution is 5.85. The van der Waals surface area contributed by atoms with E-state index in [1.807, 2.05) is 0 Å². The molecule has 2 N–H and O–H groups in total. The van der Waals surface area contributed by atoms with Gasteiger partial charge in [0.15, 0.2) is 0 Å². The van der Waals surface area contributed by atoms with Crippen molar-refractivity contribution in [1.82, 2.24) is 14.5 Å². The molecule has 0 aliphatic carbocycles. The molecule has 1 heterocycles. The minimum absolute atomic E-state index is 0. The van der Waals surface area contributed by atoms with Crippen LogP contribution in [0.3, 0.4) is 0 Å². The predicted octanol–water partition coefficient (Wildman–Crippen LogP) is 2.99. The van der Waals surface area contributed by atoms with E-state index in [-0.39, 0.29) is 43.1 Å². The molecule has 130 valence electrons. The molecule has 0 aromatic carbocycles. The van der Waals surface area contributed by atoms with E-state index in [1.165, 1.54) is 17.3 Å². The number of nitrogens with two attached hydrogens (primary N) is 1. The van der Waals surface area contributed by atoms with Gasteiger partial charge in [0.1, 0.15) is 5.82 Å². The number of hydrogen-bond acceptors (Lipinski definition) is 3. The average Bonchev–Trinajstić information content (AvgIpc) is 2.86. The highest BCUT2D eigenvalue weighted by atomic mass is 35.5. The first-order chi connectivity index (χ1) is 9.56. The molecule has 0 unspecified atom stereocenters. The van der Waals surface area contributed by atoms with Crippen LogP contribution < -0.4 is 5.73 Å². The van der Waals surface area contributed by atoms with E-state index in [0.717, 1.165) is 30.3 Å². The third kappa shape index (κ3) is 7.91. The molecular weight excluding hydrogens is 337 g/mol. The van der Waals surface area contributed by atoms with Crippen LogP contribution in [0.2, 0.25) is 0 Å². The number of imidazole rings is 1. The van der Waals surface area contributed by atoms with Gasteiger partial charge in [-0.25, -0.2) is 4.98 Å². The molecule has 1 amide bonds. The number of unbranched alkanes of at least 4 members (excludes halogenated alkanes) is 3. The number of hydrogen-bond donors (Lipinski definition) is 1. The van der Waals surface area contributed by atoms with Crippen molar-refractivity contribution in [3.8, 4) is 0 Å². The van der Waals surface area contributed by atoms with Crippen molar-refractivity contribution < 1.29 is 13.6 Å². The van der Waals surface area contributed by atoms with Gasteiger partial charge in [-0.15, -0.1) is 24.8 Å². The second kappa shape index (κ2) is 12.6. The van der Waals surface area contributed by atoms with Crippen LogP contribution >= 0.6 is 24.8 Å². The zero-order valence-electron chi connectivity index (χ0n) is 12.6. The van der Waals surface area contributed by atoms with Crippen LogP contribution in [-0.4, -0.2) is 34.0 Å². The smallest absolute Gasteiger partial charge is 0.319 e. The minimum Gasteiger partial charge on any atom is -0.338 e. The normalized spacial score (nSPS) is 10.0. The molecule has 0 bridgehead atoms. The van der Waals surface area contributed by atoms with Gasteiger partial charge in [-0.2, -0.15) is 8.78 Å². The van der Waals surface area contributed by atoms with Gasteiger partial charge in [0.05, 0.1) is 6.54 Å². The van der Waals surface area contributed by atoms with Gasteiger partial charge in [-0.3, -0.25) is 9.36 Å². The Balaban J connectivity index is 0. The molecule has 0 atom stereocenters. The zero-order chi connectivity index (χ0) is 15.0. The third-order valence-electron chi connectivity index (χ3n) is 3.11. The van der Waals surface area contributed by atoms with Crippen LogP contribution in [0.4, 0.5) is 8.78 Å². The van der Waals surface area contributed by atoms with Crippen LogP contribution in [0.15, 0.2) is 12.4 Å². The second-order valence-electron chi connectivity index (χ2n) is 4.73. The number of carbonyl (C=O) groups is 1. The van der Waals surface area contributed by atoms with Gasteiger partial charge in [-0.05, 0) is 19.4 Å². The Morgan fingerprint density at radius 3 is 2.55 bits per heavy atom. The fourth-order valence-corrected chi connectivity index (χ4v) is 1.91. The summed E-state index contributed by atoms with van der Waals surface area (Å²) < 4.78 is 26.1. The predicted molar refractivity (Wildman–Crippen MR) is 86.6 cm³/mol. The molecule has 0 aliphatic heterocycles. The van der Waals surface area contributed by atoms with Crippen LogP contribution in [0, 0.1) is 0 Å². The minimum atomic E-state index is -2.63. The number of aromatic nitrogens is 2. The van der Waals surface area contributed by atoms with Crippen LogP contribution in [0.1, 0.15) is 44.5 Å². The van der Waals surface area contributed by atoms with Crippen molar-refractivity contribution in [3.05, 3.63) is 18.2 Å². The summed E-state index contributed by atoms with van der Waals surface area (Å²) in [5.74, 6) is 0.139. The number of nitrogens with zero attached hydrogens (tertiary/aromatic N) is 3. The van der Waals surface area contributed by atoms with Crippen molar-refractivity contribution in [2.75, 3.05) is 13.6 Å². The SMILES string of the molecule is CN(Cc1nccn1C(F)F)C(=O)CCCCCCN.Cl.Cl. The molecule has 1 aromatic rings. The number of alkyl halides is 2. The lowest BCUT2D eigenvalue weighted by atomic mass is 10.1. The third-order valence-corrected chi connectivity index (χ3v) is 3.11. The fraction of sp³-hybridized carbons (Fsp3) is 0.692. The Morgan fingerprint density at radius 2 is 1.95 bits per heavy atom. The molecule has 0 saturated carbocycles. The van der Waals surface area contributed by atoms with Gasteiger partial charge in [0.25, 0.3) is 0 Å². The van der Waals surface area contributed by atoms with Gasteiger partial charge < -0.3 is 10.6 Å². The summed E-state index contributed by atoms with van der Waals surface area (Å²) in [6.45, 7) is -1.87. The van der Waals surface area contributed by atoms with E-state index in [2.05, 4.69) is 4.98 Å². The average molecular weight is 361 g/mol. The molecule has 0 aliphatic rings. The monoisotopic (exact) mass is 360 g/mol. The first-order valence-corrected chi connectivity index (χ1v) is 6.80. The number of rotatable bonds is 9. The summed E-state index contributed by atoms with van der Waals surface area (Å²) in [5.41, 5.74) is 5.39. The van der Waals surface area contributed by atoms with Crippen molar-refractivity contribution in [3.63, 3.8) is 0 Å². The Labute approximate surface area is 142 Å². The molecule has 1 aromatic heterocycles. The largest absolute Gasteiger partial charge is 0.338 e. The molecule has 9 heteroatoms. The summed E-state index contributed by atoms with van der Waals surface area (Å²) in [6.07, 6.45) is 6.70. The van der Waals surface area contributed by atoms with E-state index in [0.29, 0.717) is 13.0 Å². The van der Waals surface area contributed by atoms with Crippen LogP contribution in [0.5, 0.6) is 0 Å². The topological polar surface area (TPSA) is 64.2 Å². The summed E-state index contributed by atoms with van der Waals surface area (Å²) in [6, 6.07) is 0. The summed E-state index contributed by atoms with van der Waals surface area (Å²) in [5, 5.41) is 0. The molecule has 5 nitrogen and oxygen atoms in total. The van der Waals surface area contributed by atoms with Gasteiger partial charge in [0.2, 0.25) is 5.91 Å². The lowest BCUT2D eigenvalue weighted by molar-refractivity contribution is -0.130. The highest BCUT2D eigenvalue weighted by Gasteiger charge is 2.15. The van der Waals surface area contributed by atoms with Crippen molar-refractivity contribution >= 4 is 30.7 Å². The van der Waals surface area contributed by atoms with Gasteiger partial charge in [0, 0.05) is 25.9 Å². The van der Waals surface area contributed by atoms with Crippen molar-refractivity contribution in [2.45, 2.75) is 45.2 Å². The maximum Gasteiger partial charge on any atom is 0.319 e. The van der Waals surface area contributed by atoms with E-state index >= 15 is 0 Å². The van der Waals surface area contributed by atoms with Crippen LogP contribution in [-0.2, 0) is 11.3 Å². The van der Waals surface area contributed by atoms with E-state index < -0.39 is 6.55 Å². The number of carbonyl (C=O) groups excluding carboxylic acids is 1. The summed E-state index contributed by atoms with van der Waals surface area (Å²) >= 11 is 0. The standard InChI is InChI=1S/C13H22F2N4O.2ClH/c1-18(12(20)6-4-2-3-5-7-16)10-11-17-8-9-19(11)13(14)15;;/h8-9,13H,2-7,10,16H2,1H3;2*1H. The fourth-order valence-electron chi connectivity index (χ4n) is 1.91. The zero-order valence-corrected chi connectivity index (χ0v) is 14.2. The molecule has 0 saturated heterocycles. The quantitative estimate of drug-likeness (QED) is 0.688. The molecular formula is C13H24Cl2F2N4O. The van der Waals surface area contributed by atoms with E-state index in [9.17, 15) is 13.6 Å². The molecule has 0 fully saturated rings. The van der Waals surface area contributed by atoms with Crippen molar-refractivity contribution in [2.24, 2.45) is 5.73 Å². The first kappa shape index (κ1) is 23.3. The number of amides is 1. The van der Waals surface area contributed by atoms with Gasteiger partial charge >= 0.3 is 6.55 Å². The van der Waals surface area contributed by atoms with Gasteiger partial charge in [-0.1, -0.05) is 12.8 Å². The van der Waals surface area contributed by atoms with Crippen LogP contribution in [0.25, 0.3) is 0 Å². The highest BCUT2D eigenvalue weighted by Crippen LogP contribution is 2.14. The Kier molecular flexibility index (Phi) is 13.4. The Morgan fingerprint density at radius 1 is 1.32 bits per heavy atom. The number of halogens is 4. The summed E-state index contributed by atoms with van der Waals surface area (Å²) in [7, 11) is 1.60. The molecule has 1 rings (SSSR count). The van der Waals surface area contributed by atoms with E-state index in [4.69, 9.17) is 5.73 Å². The van der Waals surface area contributed by atoms with E-state index in [1.54, 1.807) is 7.05 Å². The summed E-state index contributed by atoms with van der Waals surface area (Å²) in [4.78, 5) is 17.2. The lowest BCUT2D eigenvalue weighted by Crippen LogP contribution is -2.27. The van der Waals surface area contributed by atoms with Crippen molar-refractivity contribution in [1.29, 1.82) is 0 Å². The Hall–Kier alpha value is -0.920. The molecule has 22 heavy (non-hydrogen) atoms. The second-order valence-corrected chi connectivity index (χ2v) is 4.73. The maximum atomic E-state index is 12.6. The lowest BCUT2D eigenvalue weighted by Gasteiger charge is -2.17. The maximum absolute atomic E-state index is 12.6. The molecule has 0 radical (unpaired) electrons. The Bertz CT molecular complexity index is 418.